The second-order valence-corrected chi connectivity index (χ2v) is 7.45. The third-order valence-electron chi connectivity index (χ3n) is 4.43. The van der Waals surface area contributed by atoms with E-state index in [9.17, 15) is 4.79 Å². The van der Waals surface area contributed by atoms with Crippen molar-refractivity contribution >= 4 is 23.4 Å². The largest absolute Gasteiger partial charge is 0.493 e. The number of amides is 1. The molecule has 0 unspecified atom stereocenters. The molecule has 1 aromatic heterocycles. The van der Waals surface area contributed by atoms with Gasteiger partial charge in [-0.3, -0.25) is 4.79 Å². The fraction of sp³-hybridized carbons (Fsp3) is 0.318. The summed E-state index contributed by atoms with van der Waals surface area (Å²) >= 11 is 1.58. The van der Waals surface area contributed by atoms with E-state index >= 15 is 0 Å². The van der Waals surface area contributed by atoms with E-state index in [1.807, 2.05) is 66.1 Å². The van der Waals surface area contributed by atoms with Gasteiger partial charge in [0.05, 0.1) is 13.0 Å². The normalized spacial score (nSPS) is 10.7. The van der Waals surface area contributed by atoms with E-state index in [1.165, 1.54) is 0 Å². The lowest BCUT2D eigenvalue weighted by atomic mass is 10.1. The molecule has 0 aliphatic carbocycles. The highest BCUT2D eigenvalue weighted by Crippen LogP contribution is 2.19. The molecule has 0 fully saturated rings. The summed E-state index contributed by atoms with van der Waals surface area (Å²) in [6.45, 7) is 5.39. The molecule has 152 valence electrons. The maximum atomic E-state index is 12.5. The van der Waals surface area contributed by atoms with E-state index in [1.54, 1.807) is 11.8 Å². The zero-order chi connectivity index (χ0) is 20.5. The number of aromatic nitrogens is 3. The van der Waals surface area contributed by atoms with Crippen LogP contribution in [0.1, 0.15) is 25.2 Å². The Morgan fingerprint density at radius 1 is 1.07 bits per heavy atom. The molecule has 2 aromatic carbocycles. The van der Waals surface area contributed by atoms with Crippen molar-refractivity contribution in [2.24, 2.45) is 0 Å². The van der Waals surface area contributed by atoms with Crippen LogP contribution in [0.2, 0.25) is 0 Å². The maximum absolute atomic E-state index is 12.5. The van der Waals surface area contributed by atoms with Gasteiger partial charge in [0.1, 0.15) is 11.6 Å². The Morgan fingerprint density at radius 3 is 2.59 bits per heavy atom. The Balaban J connectivity index is 1.55. The third-order valence-corrected chi connectivity index (χ3v) is 5.36. The number of aryl methyl sites for hydroxylation is 1. The Bertz CT molecular complexity index is 928. The number of anilines is 1. The average molecular weight is 411 g/mol. The number of rotatable bonds is 10. The average Bonchev–Trinajstić information content (AvgIpc) is 3.13. The fourth-order valence-electron chi connectivity index (χ4n) is 2.97. The summed E-state index contributed by atoms with van der Waals surface area (Å²) in [5.74, 6) is 2.19. The van der Waals surface area contributed by atoms with Crippen LogP contribution in [-0.4, -0.2) is 33.0 Å². The highest BCUT2D eigenvalue weighted by molar-refractivity contribution is 7.99. The molecule has 0 aliphatic rings. The molecule has 0 aliphatic heterocycles. The number of carbonyl (C=O) groups excluding carboxylic acids is 1. The van der Waals surface area contributed by atoms with Crippen LogP contribution < -0.4 is 10.1 Å². The summed E-state index contributed by atoms with van der Waals surface area (Å²) in [6, 6.07) is 17.6. The first kappa shape index (κ1) is 20.9. The van der Waals surface area contributed by atoms with Gasteiger partial charge in [-0.15, -0.1) is 10.2 Å². The number of hydrogen-bond acceptors (Lipinski definition) is 5. The lowest BCUT2D eigenvalue weighted by molar-refractivity contribution is -0.115. The molecule has 1 amide bonds. The van der Waals surface area contributed by atoms with Crippen molar-refractivity contribution in [2.75, 3.05) is 17.7 Å². The van der Waals surface area contributed by atoms with Gasteiger partial charge in [-0.1, -0.05) is 55.1 Å². The van der Waals surface area contributed by atoms with Crippen LogP contribution in [-0.2, 0) is 24.2 Å². The van der Waals surface area contributed by atoms with Gasteiger partial charge in [-0.05, 0) is 37.1 Å². The lowest BCUT2D eigenvalue weighted by Gasteiger charge is -2.10. The Kier molecular flexibility index (Phi) is 7.69. The first-order valence-electron chi connectivity index (χ1n) is 9.81. The fourth-order valence-corrected chi connectivity index (χ4v) is 3.81. The summed E-state index contributed by atoms with van der Waals surface area (Å²) in [6.07, 6.45) is 1.06. The molecule has 3 aromatic rings. The van der Waals surface area contributed by atoms with Crippen molar-refractivity contribution in [1.29, 1.82) is 0 Å². The summed E-state index contributed by atoms with van der Waals surface area (Å²) in [7, 11) is 0. The van der Waals surface area contributed by atoms with Crippen LogP contribution in [0.5, 0.6) is 5.75 Å². The first-order chi connectivity index (χ1) is 14.2. The van der Waals surface area contributed by atoms with Gasteiger partial charge >= 0.3 is 0 Å². The van der Waals surface area contributed by atoms with Gasteiger partial charge in [0, 0.05) is 18.0 Å². The number of benzene rings is 2. The summed E-state index contributed by atoms with van der Waals surface area (Å²) in [5.41, 5.74) is 1.97. The predicted octanol–water partition coefficient (Wildman–Crippen LogP) is 4.21. The highest BCUT2D eigenvalue weighted by Gasteiger charge is 2.15. The minimum atomic E-state index is -0.0861. The molecule has 0 bridgehead atoms. The quantitative estimate of drug-likeness (QED) is 0.400. The van der Waals surface area contributed by atoms with Crippen molar-refractivity contribution in [3.8, 4) is 5.75 Å². The zero-order valence-corrected chi connectivity index (χ0v) is 17.6. The molecule has 0 atom stereocenters. The van der Waals surface area contributed by atoms with E-state index in [4.69, 9.17) is 4.74 Å². The Morgan fingerprint density at radius 2 is 1.83 bits per heavy atom. The van der Waals surface area contributed by atoms with Crippen LogP contribution in [0.4, 0.5) is 5.69 Å². The van der Waals surface area contributed by atoms with Crippen LogP contribution in [0.25, 0.3) is 0 Å². The molecule has 29 heavy (non-hydrogen) atoms. The van der Waals surface area contributed by atoms with Gasteiger partial charge in [-0.2, -0.15) is 0 Å². The topological polar surface area (TPSA) is 69.0 Å². The van der Waals surface area contributed by atoms with E-state index < -0.39 is 0 Å². The monoisotopic (exact) mass is 410 g/mol. The number of para-hydroxylation sites is 2. The van der Waals surface area contributed by atoms with E-state index in [0.717, 1.165) is 34.3 Å². The van der Waals surface area contributed by atoms with E-state index in [2.05, 4.69) is 22.4 Å². The number of hydrogen-bond donors (Lipinski definition) is 1. The number of nitrogens with one attached hydrogen (secondary N) is 1. The lowest BCUT2D eigenvalue weighted by Crippen LogP contribution is -2.18. The number of ether oxygens (including phenoxy) is 1. The van der Waals surface area contributed by atoms with Crippen LogP contribution in [0.3, 0.4) is 0 Å². The molecule has 0 radical (unpaired) electrons. The molecule has 0 spiro atoms. The first-order valence-corrected chi connectivity index (χ1v) is 10.8. The third kappa shape index (κ3) is 5.84. The Labute approximate surface area is 175 Å². The zero-order valence-electron chi connectivity index (χ0n) is 16.8. The van der Waals surface area contributed by atoms with Crippen molar-refractivity contribution in [3.63, 3.8) is 0 Å². The summed E-state index contributed by atoms with van der Waals surface area (Å²) in [4.78, 5) is 12.5. The number of thioether (sulfide) groups is 1. The maximum Gasteiger partial charge on any atom is 0.232 e. The van der Waals surface area contributed by atoms with Crippen molar-refractivity contribution < 1.29 is 9.53 Å². The standard InChI is InChI=1S/C22H26N4O2S/c1-3-17-10-8-9-13-19(17)23-21(27)16-20-24-25-22(26(20)4-2)29-15-14-28-18-11-6-5-7-12-18/h5-13H,3-4,14-16H2,1-2H3,(H,23,27). The van der Waals surface area contributed by atoms with E-state index in [-0.39, 0.29) is 12.3 Å². The number of carbonyl (C=O) groups is 1. The minimum Gasteiger partial charge on any atom is -0.493 e. The van der Waals surface area contributed by atoms with Crippen LogP contribution in [0.15, 0.2) is 59.8 Å². The molecule has 6 nitrogen and oxygen atoms in total. The molecular weight excluding hydrogens is 384 g/mol. The molecule has 3 rings (SSSR count). The van der Waals surface area contributed by atoms with Crippen molar-refractivity contribution in [2.45, 2.75) is 38.4 Å². The molecule has 1 heterocycles. The van der Waals surface area contributed by atoms with Gasteiger partial charge < -0.3 is 14.6 Å². The van der Waals surface area contributed by atoms with Gasteiger partial charge in [0.2, 0.25) is 5.91 Å². The SMILES string of the molecule is CCc1ccccc1NC(=O)Cc1nnc(SCCOc2ccccc2)n1CC. The Hall–Kier alpha value is -2.80. The molecule has 0 saturated carbocycles. The highest BCUT2D eigenvalue weighted by atomic mass is 32.2. The number of nitrogens with zero attached hydrogens (tertiary/aromatic N) is 3. The predicted molar refractivity (Wildman–Crippen MR) is 117 cm³/mol. The van der Waals surface area contributed by atoms with Crippen LogP contribution in [0, 0.1) is 0 Å². The molecule has 7 heteroatoms. The summed E-state index contributed by atoms with van der Waals surface area (Å²) in [5, 5.41) is 12.3. The van der Waals surface area contributed by atoms with Gasteiger partial charge in [0.15, 0.2) is 5.16 Å². The smallest absolute Gasteiger partial charge is 0.232 e. The molecule has 0 saturated heterocycles. The van der Waals surface area contributed by atoms with E-state index in [0.29, 0.717) is 19.0 Å². The van der Waals surface area contributed by atoms with Crippen molar-refractivity contribution in [1.82, 2.24) is 14.8 Å². The summed E-state index contributed by atoms with van der Waals surface area (Å²) < 4.78 is 7.70. The molecular formula is C22H26N4O2S. The van der Waals surface area contributed by atoms with Gasteiger partial charge in [0.25, 0.3) is 0 Å². The van der Waals surface area contributed by atoms with Crippen LogP contribution >= 0.6 is 11.8 Å². The van der Waals surface area contributed by atoms with Crippen molar-refractivity contribution in [3.05, 3.63) is 66.0 Å². The minimum absolute atomic E-state index is 0.0861. The molecule has 1 N–H and O–H groups in total. The second-order valence-electron chi connectivity index (χ2n) is 6.39. The second kappa shape index (κ2) is 10.7. The van der Waals surface area contributed by atoms with Gasteiger partial charge in [-0.25, -0.2) is 0 Å².